The zero-order valence-corrected chi connectivity index (χ0v) is 19.1. The molecule has 4 rings (SSSR count). The molecule has 2 atom stereocenters. The van der Waals surface area contributed by atoms with Crippen molar-refractivity contribution in [2.75, 3.05) is 0 Å². The van der Waals surface area contributed by atoms with Crippen molar-refractivity contribution in [3.05, 3.63) is 101 Å². The molecule has 4 N–H and O–H groups in total. The van der Waals surface area contributed by atoms with E-state index in [9.17, 15) is 18.4 Å². The van der Waals surface area contributed by atoms with Crippen LogP contribution in [0.5, 0.6) is 0 Å². The van der Waals surface area contributed by atoms with Gasteiger partial charge in [0.1, 0.15) is 0 Å². The van der Waals surface area contributed by atoms with Gasteiger partial charge in [0.05, 0.1) is 11.8 Å². The molecule has 3 aromatic carbocycles. The summed E-state index contributed by atoms with van der Waals surface area (Å²) in [6, 6.07) is 20.6. The summed E-state index contributed by atoms with van der Waals surface area (Å²) >= 11 is -2.40. The van der Waals surface area contributed by atoms with Crippen molar-refractivity contribution in [2.45, 2.75) is 24.8 Å². The molecule has 0 spiro atoms. The first-order valence-corrected chi connectivity index (χ1v) is 11.8. The Bertz CT molecular complexity index is 1350. The number of nitrogens with one attached hydrogen (secondary N) is 1. The molecule has 1 heterocycles. The van der Waals surface area contributed by atoms with Crippen molar-refractivity contribution >= 4 is 33.7 Å². The van der Waals surface area contributed by atoms with E-state index in [0.29, 0.717) is 12.1 Å². The first-order chi connectivity index (χ1) is 16.4. The maximum absolute atomic E-state index is 13.3. The number of aromatic nitrogens is 2. The van der Waals surface area contributed by atoms with Crippen molar-refractivity contribution in [1.82, 2.24) is 15.1 Å². The topological polar surface area (TPSA) is 127 Å². The standard InChI is InChI=1S/C25H24N4O4S/c26-24(30)14-23(34(32)33)21-10-9-17(16-29-12-4-11-28-29)13-22(21)25(31)27-15-19-7-3-6-18-5-1-2-8-20(18)19/h1-13,23H,14-16H2,(H2,26,30)(H,27,31)(H,32,33). The van der Waals surface area contributed by atoms with Crippen molar-refractivity contribution in [3.63, 3.8) is 0 Å². The summed E-state index contributed by atoms with van der Waals surface area (Å²) < 4.78 is 23.6. The highest BCUT2D eigenvalue weighted by molar-refractivity contribution is 7.79. The lowest BCUT2D eigenvalue weighted by atomic mass is 9.98. The third-order valence-corrected chi connectivity index (χ3v) is 6.47. The molecule has 2 amide bonds. The summed E-state index contributed by atoms with van der Waals surface area (Å²) in [6.45, 7) is 0.686. The van der Waals surface area contributed by atoms with Crippen molar-refractivity contribution in [2.24, 2.45) is 5.73 Å². The number of primary amides is 1. The molecule has 0 saturated heterocycles. The highest BCUT2D eigenvalue weighted by Crippen LogP contribution is 2.28. The molecule has 0 aliphatic rings. The van der Waals surface area contributed by atoms with Crippen LogP contribution in [-0.4, -0.2) is 30.4 Å². The number of amides is 2. The normalized spacial score (nSPS) is 12.9. The van der Waals surface area contributed by atoms with Crippen LogP contribution in [0.1, 0.15) is 38.7 Å². The predicted octanol–water partition coefficient (Wildman–Crippen LogP) is 3.15. The Hall–Kier alpha value is -3.82. The SMILES string of the molecule is NC(=O)CC(c1ccc(Cn2cccn2)cc1C(=O)NCc1cccc2ccccc12)S(=O)O. The molecule has 174 valence electrons. The van der Waals surface area contributed by atoms with Crippen LogP contribution >= 0.6 is 0 Å². The molecule has 8 nitrogen and oxygen atoms in total. The van der Waals surface area contributed by atoms with Crippen LogP contribution in [0.2, 0.25) is 0 Å². The van der Waals surface area contributed by atoms with Gasteiger partial charge in [-0.2, -0.15) is 5.10 Å². The number of carbonyl (C=O) groups excluding carboxylic acids is 2. The Balaban J connectivity index is 1.66. The van der Waals surface area contributed by atoms with Crippen molar-refractivity contribution in [3.8, 4) is 0 Å². The number of nitrogens with zero attached hydrogens (tertiary/aromatic N) is 2. The van der Waals surface area contributed by atoms with Gasteiger partial charge in [-0.25, -0.2) is 4.21 Å². The number of carbonyl (C=O) groups is 2. The zero-order chi connectivity index (χ0) is 24.1. The van der Waals surface area contributed by atoms with Gasteiger partial charge in [-0.15, -0.1) is 0 Å². The van der Waals surface area contributed by atoms with Gasteiger partial charge in [-0.3, -0.25) is 14.3 Å². The quantitative estimate of drug-likeness (QED) is 0.320. The zero-order valence-electron chi connectivity index (χ0n) is 18.3. The summed E-state index contributed by atoms with van der Waals surface area (Å²) in [5.74, 6) is -1.14. The van der Waals surface area contributed by atoms with Crippen LogP contribution in [0.15, 0.2) is 79.1 Å². The van der Waals surface area contributed by atoms with Gasteiger partial charge in [0.25, 0.3) is 5.91 Å². The molecule has 34 heavy (non-hydrogen) atoms. The van der Waals surface area contributed by atoms with E-state index >= 15 is 0 Å². The van der Waals surface area contributed by atoms with Crippen LogP contribution in [0.4, 0.5) is 0 Å². The number of fused-ring (bicyclic) bond motifs is 1. The Kier molecular flexibility index (Phi) is 7.15. The van der Waals surface area contributed by atoms with Gasteiger partial charge in [-0.1, -0.05) is 54.6 Å². The molecule has 9 heteroatoms. The molecule has 0 aliphatic carbocycles. The third kappa shape index (κ3) is 5.38. The van der Waals surface area contributed by atoms with Crippen molar-refractivity contribution < 1.29 is 18.4 Å². The van der Waals surface area contributed by atoms with Crippen molar-refractivity contribution in [1.29, 1.82) is 0 Å². The maximum atomic E-state index is 13.3. The molecule has 0 aliphatic heterocycles. The number of benzene rings is 3. The largest absolute Gasteiger partial charge is 0.370 e. The molecule has 0 fully saturated rings. The molecular weight excluding hydrogens is 452 g/mol. The summed E-state index contributed by atoms with van der Waals surface area (Å²) in [7, 11) is 0. The van der Waals surface area contributed by atoms with Gasteiger partial charge < -0.3 is 15.6 Å². The average molecular weight is 477 g/mol. The van der Waals surface area contributed by atoms with Crippen LogP contribution in [0, 0.1) is 0 Å². The van der Waals surface area contributed by atoms with E-state index in [1.54, 1.807) is 41.3 Å². The second-order valence-corrected chi connectivity index (χ2v) is 9.00. The Morgan fingerprint density at radius 2 is 1.88 bits per heavy atom. The maximum Gasteiger partial charge on any atom is 0.251 e. The van der Waals surface area contributed by atoms with Crippen LogP contribution in [0.3, 0.4) is 0 Å². The summed E-state index contributed by atoms with van der Waals surface area (Å²) in [5.41, 5.74) is 7.54. The van der Waals surface area contributed by atoms with E-state index in [1.165, 1.54) is 0 Å². The first kappa shape index (κ1) is 23.3. The highest BCUT2D eigenvalue weighted by Gasteiger charge is 2.26. The molecule has 2 unspecified atom stereocenters. The minimum absolute atomic E-state index is 0.221. The van der Waals surface area contributed by atoms with Crippen LogP contribution < -0.4 is 11.1 Å². The number of hydrogen-bond acceptors (Lipinski definition) is 4. The van der Waals surface area contributed by atoms with E-state index in [0.717, 1.165) is 21.9 Å². The first-order valence-electron chi connectivity index (χ1n) is 10.7. The van der Waals surface area contributed by atoms with E-state index in [1.807, 2.05) is 42.5 Å². The van der Waals surface area contributed by atoms with Gasteiger partial charge >= 0.3 is 0 Å². The Morgan fingerprint density at radius 3 is 2.62 bits per heavy atom. The monoisotopic (exact) mass is 476 g/mol. The second kappa shape index (κ2) is 10.4. The van der Waals surface area contributed by atoms with Crippen LogP contribution in [-0.2, 0) is 29.0 Å². The number of hydrogen-bond donors (Lipinski definition) is 3. The summed E-state index contributed by atoms with van der Waals surface area (Å²) in [5, 5.41) is 8.08. The fourth-order valence-electron chi connectivity index (χ4n) is 3.95. The van der Waals surface area contributed by atoms with Gasteiger partial charge in [-0.05, 0) is 39.6 Å². The molecule has 4 aromatic rings. The molecule has 0 radical (unpaired) electrons. The van der Waals surface area contributed by atoms with E-state index in [2.05, 4.69) is 10.4 Å². The second-order valence-electron chi connectivity index (χ2n) is 7.88. The Morgan fingerprint density at radius 1 is 1.09 bits per heavy atom. The fraction of sp³-hybridized carbons (Fsp3) is 0.160. The van der Waals surface area contributed by atoms with E-state index < -0.39 is 28.1 Å². The van der Waals surface area contributed by atoms with E-state index in [4.69, 9.17) is 5.73 Å². The molecule has 0 saturated carbocycles. The summed E-state index contributed by atoms with van der Waals surface area (Å²) in [6.07, 6.45) is 3.10. The fourth-order valence-corrected chi connectivity index (χ4v) is 4.68. The average Bonchev–Trinajstić information content (AvgIpc) is 3.34. The van der Waals surface area contributed by atoms with E-state index in [-0.39, 0.29) is 18.5 Å². The smallest absolute Gasteiger partial charge is 0.251 e. The lowest BCUT2D eigenvalue weighted by Crippen LogP contribution is -2.27. The number of rotatable bonds is 9. The summed E-state index contributed by atoms with van der Waals surface area (Å²) in [4.78, 5) is 24.9. The minimum atomic E-state index is -2.40. The molecule has 1 aromatic heterocycles. The third-order valence-electron chi connectivity index (χ3n) is 5.56. The lowest BCUT2D eigenvalue weighted by Gasteiger charge is -2.18. The van der Waals surface area contributed by atoms with Gasteiger partial charge in [0.2, 0.25) is 5.91 Å². The minimum Gasteiger partial charge on any atom is -0.370 e. The Labute approximate surface area is 199 Å². The number of nitrogens with two attached hydrogens (primary N) is 1. The molecule has 0 bridgehead atoms. The van der Waals surface area contributed by atoms with Gasteiger partial charge in [0.15, 0.2) is 11.1 Å². The van der Waals surface area contributed by atoms with Crippen LogP contribution in [0.25, 0.3) is 10.8 Å². The van der Waals surface area contributed by atoms with Gasteiger partial charge in [0, 0.05) is 30.9 Å². The highest BCUT2D eigenvalue weighted by atomic mass is 32.2. The predicted molar refractivity (Wildman–Crippen MR) is 130 cm³/mol. The lowest BCUT2D eigenvalue weighted by molar-refractivity contribution is -0.118. The molecular formula is C25H24N4O4S.